The van der Waals surface area contributed by atoms with Crippen molar-refractivity contribution >= 4 is 23.4 Å². The molecule has 138 valence electrons. The Kier molecular flexibility index (Phi) is 7.04. The Morgan fingerprint density at radius 2 is 1.88 bits per heavy atom. The number of hydrogen-bond donors (Lipinski definition) is 1. The fraction of sp³-hybridized carbons (Fsp3) is 0.300. The Hall–Kier alpha value is -2.53. The number of ether oxygens (including phenoxy) is 1. The Bertz CT molecular complexity index is 765. The summed E-state index contributed by atoms with van der Waals surface area (Å²) in [6.45, 7) is 3.74. The van der Waals surface area contributed by atoms with Gasteiger partial charge in [0, 0.05) is 18.6 Å². The van der Waals surface area contributed by atoms with Crippen molar-refractivity contribution in [2.45, 2.75) is 26.4 Å². The second-order valence-corrected chi connectivity index (χ2v) is 6.40. The largest absolute Gasteiger partial charge is 0.484 e. The van der Waals surface area contributed by atoms with E-state index >= 15 is 0 Å². The fourth-order valence-corrected chi connectivity index (χ4v) is 2.62. The molecule has 5 nitrogen and oxygen atoms in total. The van der Waals surface area contributed by atoms with Crippen LogP contribution < -0.4 is 10.1 Å². The molecule has 2 amide bonds. The lowest BCUT2D eigenvalue weighted by atomic mass is 10.1. The number of hydrogen-bond acceptors (Lipinski definition) is 3. The molecule has 26 heavy (non-hydrogen) atoms. The van der Waals surface area contributed by atoms with E-state index in [1.54, 1.807) is 32.2 Å². The number of carbonyl (C=O) groups is 2. The first-order valence-corrected chi connectivity index (χ1v) is 8.74. The summed E-state index contributed by atoms with van der Waals surface area (Å²) in [5.74, 6) is 0.0710. The van der Waals surface area contributed by atoms with Gasteiger partial charge in [0.2, 0.25) is 5.91 Å². The van der Waals surface area contributed by atoms with Crippen LogP contribution >= 0.6 is 11.6 Å². The van der Waals surface area contributed by atoms with Gasteiger partial charge in [-0.3, -0.25) is 9.59 Å². The van der Waals surface area contributed by atoms with Gasteiger partial charge < -0.3 is 15.0 Å². The van der Waals surface area contributed by atoms with Crippen LogP contribution in [0.3, 0.4) is 0 Å². The lowest BCUT2D eigenvalue weighted by Crippen LogP contribution is -2.48. The third kappa shape index (κ3) is 5.23. The van der Waals surface area contributed by atoms with Gasteiger partial charge >= 0.3 is 0 Å². The van der Waals surface area contributed by atoms with Gasteiger partial charge in [0.25, 0.3) is 5.91 Å². The predicted molar refractivity (Wildman–Crippen MR) is 102 cm³/mol. The minimum Gasteiger partial charge on any atom is -0.484 e. The van der Waals surface area contributed by atoms with E-state index in [0.717, 1.165) is 11.1 Å². The molecule has 2 aromatic rings. The molecule has 0 aliphatic rings. The number of halogens is 1. The van der Waals surface area contributed by atoms with Crippen LogP contribution in [0.25, 0.3) is 0 Å². The minimum absolute atomic E-state index is 0.157. The zero-order chi connectivity index (χ0) is 19.1. The maximum absolute atomic E-state index is 12.7. The van der Waals surface area contributed by atoms with Crippen LogP contribution in [0.15, 0.2) is 48.5 Å². The third-order valence-corrected chi connectivity index (χ3v) is 4.53. The van der Waals surface area contributed by atoms with Crippen molar-refractivity contribution < 1.29 is 14.3 Å². The summed E-state index contributed by atoms with van der Waals surface area (Å²) in [4.78, 5) is 26.3. The Balaban J connectivity index is 2.11. The summed E-state index contributed by atoms with van der Waals surface area (Å²) < 4.78 is 5.60. The van der Waals surface area contributed by atoms with Crippen LogP contribution in [-0.4, -0.2) is 36.4 Å². The molecular weight excluding hydrogens is 352 g/mol. The van der Waals surface area contributed by atoms with Crippen LogP contribution in [0, 0.1) is 6.92 Å². The number of amides is 2. The normalized spacial score (nSPS) is 11.5. The van der Waals surface area contributed by atoms with Gasteiger partial charge in [-0.25, -0.2) is 0 Å². The second kappa shape index (κ2) is 9.25. The highest BCUT2D eigenvalue weighted by molar-refractivity contribution is 6.31. The molecule has 0 saturated heterocycles. The number of benzene rings is 2. The van der Waals surface area contributed by atoms with Crippen molar-refractivity contribution in [1.82, 2.24) is 10.2 Å². The maximum atomic E-state index is 12.7. The van der Waals surface area contributed by atoms with Crippen LogP contribution in [-0.2, 0) is 16.1 Å². The molecule has 2 aromatic carbocycles. The zero-order valence-corrected chi connectivity index (χ0v) is 15.9. The number of nitrogens with one attached hydrogen (secondary N) is 1. The molecule has 0 fully saturated rings. The Labute approximate surface area is 158 Å². The van der Waals surface area contributed by atoms with Crippen LogP contribution in [0.5, 0.6) is 5.75 Å². The monoisotopic (exact) mass is 374 g/mol. The van der Waals surface area contributed by atoms with Crippen molar-refractivity contribution in [1.29, 1.82) is 0 Å². The SMILES string of the molecule is CNC(=O)[C@H](C)N(Cc1ccccc1)C(=O)COc1ccc(Cl)c(C)c1. The summed E-state index contributed by atoms with van der Waals surface area (Å²) in [6.07, 6.45) is 0. The van der Waals surface area contributed by atoms with E-state index in [0.29, 0.717) is 17.3 Å². The summed E-state index contributed by atoms with van der Waals surface area (Å²) >= 11 is 6.00. The van der Waals surface area contributed by atoms with E-state index in [2.05, 4.69) is 5.32 Å². The van der Waals surface area contributed by atoms with Crippen molar-refractivity contribution in [3.63, 3.8) is 0 Å². The van der Waals surface area contributed by atoms with Crippen molar-refractivity contribution in [3.05, 3.63) is 64.7 Å². The van der Waals surface area contributed by atoms with Gasteiger partial charge in [0.05, 0.1) is 0 Å². The molecule has 1 atom stereocenters. The summed E-state index contributed by atoms with van der Waals surface area (Å²) in [6, 6.07) is 14.1. The molecule has 0 aliphatic heterocycles. The first-order valence-electron chi connectivity index (χ1n) is 8.36. The minimum atomic E-state index is -0.608. The number of rotatable bonds is 7. The molecule has 0 aliphatic carbocycles. The third-order valence-electron chi connectivity index (χ3n) is 4.10. The van der Waals surface area contributed by atoms with E-state index in [9.17, 15) is 9.59 Å². The van der Waals surface area contributed by atoms with Gasteiger partial charge in [-0.05, 0) is 43.2 Å². The van der Waals surface area contributed by atoms with Gasteiger partial charge in [-0.1, -0.05) is 41.9 Å². The highest BCUT2D eigenvalue weighted by atomic mass is 35.5. The molecule has 0 spiro atoms. The zero-order valence-electron chi connectivity index (χ0n) is 15.2. The molecule has 1 N–H and O–H groups in total. The summed E-state index contributed by atoms with van der Waals surface area (Å²) in [5, 5.41) is 3.23. The average Bonchev–Trinajstić information content (AvgIpc) is 2.66. The van der Waals surface area contributed by atoms with E-state index < -0.39 is 6.04 Å². The van der Waals surface area contributed by atoms with Crippen LogP contribution in [0.1, 0.15) is 18.1 Å². The number of aryl methyl sites for hydroxylation is 1. The number of nitrogens with zero attached hydrogens (tertiary/aromatic N) is 1. The van der Waals surface area contributed by atoms with E-state index in [4.69, 9.17) is 16.3 Å². The Morgan fingerprint density at radius 1 is 1.19 bits per heavy atom. The Morgan fingerprint density at radius 3 is 2.50 bits per heavy atom. The van der Waals surface area contributed by atoms with Gasteiger partial charge in [0.1, 0.15) is 11.8 Å². The first kappa shape index (κ1) is 19.8. The van der Waals surface area contributed by atoms with Crippen LogP contribution in [0.4, 0.5) is 0 Å². The predicted octanol–water partition coefficient (Wildman–Crippen LogP) is 3.19. The molecular formula is C20H23ClN2O3. The van der Waals surface area contributed by atoms with E-state index in [1.807, 2.05) is 37.3 Å². The van der Waals surface area contributed by atoms with Crippen molar-refractivity contribution in [3.8, 4) is 5.75 Å². The van der Waals surface area contributed by atoms with Crippen molar-refractivity contribution in [2.75, 3.05) is 13.7 Å². The maximum Gasteiger partial charge on any atom is 0.261 e. The number of likely N-dealkylation sites (N-methyl/N-ethyl adjacent to an activating group) is 1. The summed E-state index contributed by atoms with van der Waals surface area (Å²) in [5.41, 5.74) is 1.82. The molecule has 0 unspecified atom stereocenters. The molecule has 0 radical (unpaired) electrons. The molecule has 2 rings (SSSR count). The molecule has 0 aromatic heterocycles. The number of carbonyl (C=O) groups excluding carboxylic acids is 2. The van der Waals surface area contributed by atoms with Gasteiger partial charge in [-0.2, -0.15) is 0 Å². The highest BCUT2D eigenvalue weighted by Crippen LogP contribution is 2.21. The molecule has 0 saturated carbocycles. The van der Waals surface area contributed by atoms with Crippen LogP contribution in [0.2, 0.25) is 5.02 Å². The van der Waals surface area contributed by atoms with E-state index in [1.165, 1.54) is 4.90 Å². The lowest BCUT2D eigenvalue weighted by molar-refractivity contribution is -0.142. The standard InChI is InChI=1S/C20H23ClN2O3/c1-14-11-17(9-10-18(14)21)26-13-19(24)23(15(2)20(25)22-3)12-16-7-5-4-6-8-16/h4-11,15H,12-13H2,1-3H3,(H,22,25)/t15-/m0/s1. The molecule has 6 heteroatoms. The van der Waals surface area contributed by atoms with Crippen molar-refractivity contribution in [2.24, 2.45) is 0 Å². The fourth-order valence-electron chi connectivity index (χ4n) is 2.51. The molecule has 0 bridgehead atoms. The lowest BCUT2D eigenvalue weighted by Gasteiger charge is -2.28. The average molecular weight is 375 g/mol. The van der Waals surface area contributed by atoms with Gasteiger partial charge in [0.15, 0.2) is 6.61 Å². The second-order valence-electron chi connectivity index (χ2n) is 6.00. The first-order chi connectivity index (χ1) is 12.4. The van der Waals surface area contributed by atoms with Gasteiger partial charge in [-0.15, -0.1) is 0 Å². The smallest absolute Gasteiger partial charge is 0.261 e. The highest BCUT2D eigenvalue weighted by Gasteiger charge is 2.25. The van der Waals surface area contributed by atoms with E-state index in [-0.39, 0.29) is 18.4 Å². The molecule has 0 heterocycles. The quantitative estimate of drug-likeness (QED) is 0.809. The summed E-state index contributed by atoms with van der Waals surface area (Å²) in [7, 11) is 1.55. The topological polar surface area (TPSA) is 58.6 Å².